The molecule has 0 atom stereocenters. The molecule has 0 saturated carbocycles. The van der Waals surface area contributed by atoms with E-state index in [1.165, 1.54) is 0 Å². The van der Waals surface area contributed by atoms with Gasteiger partial charge in [-0.25, -0.2) is 0 Å². The van der Waals surface area contributed by atoms with Crippen LogP contribution in [0.1, 0.15) is 0 Å². The van der Waals surface area contributed by atoms with Crippen molar-refractivity contribution in [3.05, 3.63) is 60.7 Å². The Labute approximate surface area is 105 Å². The van der Waals surface area contributed by atoms with Crippen LogP contribution in [-0.2, 0) is 0 Å². The zero-order valence-corrected chi connectivity index (χ0v) is 9.67. The molecule has 0 bridgehead atoms. The minimum absolute atomic E-state index is 0.0630. The fourth-order valence-electron chi connectivity index (χ4n) is 2.16. The van der Waals surface area contributed by atoms with Gasteiger partial charge in [-0.3, -0.25) is 0 Å². The molecular weight excluding hydrogens is 224 g/mol. The Morgan fingerprint density at radius 3 is 2.11 bits per heavy atom. The van der Waals surface area contributed by atoms with Crippen molar-refractivity contribution in [1.82, 2.24) is 0 Å². The molecule has 2 heteroatoms. The summed E-state index contributed by atoms with van der Waals surface area (Å²) in [5.41, 5.74) is 1.53. The molecule has 0 unspecified atom stereocenters. The van der Waals surface area contributed by atoms with E-state index in [-0.39, 0.29) is 11.5 Å². The molecule has 0 saturated heterocycles. The van der Waals surface area contributed by atoms with Gasteiger partial charge in [0.05, 0.1) is 0 Å². The Kier molecular flexibility index (Phi) is 2.41. The van der Waals surface area contributed by atoms with Crippen molar-refractivity contribution < 1.29 is 10.2 Å². The minimum atomic E-state index is -0.0695. The summed E-state index contributed by atoms with van der Waals surface area (Å²) in [4.78, 5) is 0. The quantitative estimate of drug-likeness (QED) is 0.629. The molecule has 3 aromatic carbocycles. The molecule has 2 nitrogen and oxygen atoms in total. The first-order chi connectivity index (χ1) is 8.77. The van der Waals surface area contributed by atoms with Crippen LogP contribution in [0.25, 0.3) is 21.9 Å². The average molecular weight is 236 g/mol. The largest absolute Gasteiger partial charge is 0.504 e. The number of hydrogen-bond acceptors (Lipinski definition) is 2. The van der Waals surface area contributed by atoms with Crippen LogP contribution in [0.5, 0.6) is 11.5 Å². The lowest BCUT2D eigenvalue weighted by Gasteiger charge is -2.09. The highest BCUT2D eigenvalue weighted by molar-refractivity contribution is 5.96. The van der Waals surface area contributed by atoms with Gasteiger partial charge in [-0.2, -0.15) is 0 Å². The van der Waals surface area contributed by atoms with E-state index >= 15 is 0 Å². The number of aromatic hydroxyl groups is 2. The molecule has 0 fully saturated rings. The second-order valence-corrected chi connectivity index (χ2v) is 4.21. The van der Waals surface area contributed by atoms with Gasteiger partial charge in [0.25, 0.3) is 0 Å². The van der Waals surface area contributed by atoms with E-state index in [0.717, 1.165) is 10.9 Å². The lowest BCUT2D eigenvalue weighted by atomic mass is 9.99. The van der Waals surface area contributed by atoms with Gasteiger partial charge in [0.1, 0.15) is 0 Å². The van der Waals surface area contributed by atoms with Crippen LogP contribution in [0.2, 0.25) is 0 Å². The number of phenols is 2. The second-order valence-electron chi connectivity index (χ2n) is 4.21. The van der Waals surface area contributed by atoms with Crippen LogP contribution in [0.4, 0.5) is 0 Å². The van der Waals surface area contributed by atoms with E-state index in [9.17, 15) is 10.2 Å². The van der Waals surface area contributed by atoms with Gasteiger partial charge in [0.2, 0.25) is 0 Å². The van der Waals surface area contributed by atoms with E-state index in [0.29, 0.717) is 10.9 Å². The summed E-state index contributed by atoms with van der Waals surface area (Å²) in [6.45, 7) is 0. The average Bonchev–Trinajstić information content (AvgIpc) is 2.44. The molecular formula is C16H12O2. The standard InChI is InChI=1S/C16H12O2/c17-15-13-9-5-4-8-12(13)10-14(16(15)18)11-6-2-1-3-7-11/h1-10,17-18H. The highest BCUT2D eigenvalue weighted by Crippen LogP contribution is 2.41. The third-order valence-electron chi connectivity index (χ3n) is 3.08. The second kappa shape index (κ2) is 4.08. The number of phenolic OH excluding ortho intramolecular Hbond substituents is 2. The zero-order chi connectivity index (χ0) is 12.5. The molecule has 0 amide bonds. The molecule has 0 aliphatic heterocycles. The highest BCUT2D eigenvalue weighted by atomic mass is 16.3. The fourth-order valence-corrected chi connectivity index (χ4v) is 2.16. The molecule has 0 spiro atoms. The van der Waals surface area contributed by atoms with E-state index in [4.69, 9.17) is 0 Å². The number of fused-ring (bicyclic) bond motifs is 1. The summed E-state index contributed by atoms with van der Waals surface area (Å²) >= 11 is 0. The van der Waals surface area contributed by atoms with E-state index in [1.807, 2.05) is 54.6 Å². The lowest BCUT2D eigenvalue weighted by molar-refractivity contribution is 0.409. The SMILES string of the molecule is Oc1c(-c2ccccc2)cc2ccccc2c1O. The van der Waals surface area contributed by atoms with Crippen molar-refractivity contribution in [3.8, 4) is 22.6 Å². The topological polar surface area (TPSA) is 40.5 Å². The molecule has 88 valence electrons. The van der Waals surface area contributed by atoms with Gasteiger partial charge in [0, 0.05) is 10.9 Å². The Morgan fingerprint density at radius 2 is 1.33 bits per heavy atom. The number of rotatable bonds is 1. The maximum absolute atomic E-state index is 10.1. The smallest absolute Gasteiger partial charge is 0.166 e. The van der Waals surface area contributed by atoms with Gasteiger partial charge >= 0.3 is 0 Å². The third kappa shape index (κ3) is 1.59. The van der Waals surface area contributed by atoms with Crippen molar-refractivity contribution in [2.45, 2.75) is 0 Å². The lowest BCUT2D eigenvalue weighted by Crippen LogP contribution is -1.82. The van der Waals surface area contributed by atoms with Gasteiger partial charge in [-0.1, -0.05) is 54.6 Å². The molecule has 0 aliphatic carbocycles. The van der Waals surface area contributed by atoms with E-state index in [2.05, 4.69) is 0 Å². The molecule has 0 aromatic heterocycles. The maximum Gasteiger partial charge on any atom is 0.166 e. The molecule has 3 rings (SSSR count). The molecule has 18 heavy (non-hydrogen) atoms. The summed E-state index contributed by atoms with van der Waals surface area (Å²) in [6, 6.07) is 18.9. The Bertz CT molecular complexity index is 703. The van der Waals surface area contributed by atoms with Gasteiger partial charge in [-0.05, 0) is 17.0 Å². The highest BCUT2D eigenvalue weighted by Gasteiger charge is 2.12. The van der Waals surface area contributed by atoms with Crippen LogP contribution >= 0.6 is 0 Å². The fraction of sp³-hybridized carbons (Fsp3) is 0. The number of benzene rings is 3. The van der Waals surface area contributed by atoms with Crippen molar-refractivity contribution in [2.24, 2.45) is 0 Å². The molecule has 2 N–H and O–H groups in total. The van der Waals surface area contributed by atoms with Crippen molar-refractivity contribution in [3.63, 3.8) is 0 Å². The monoisotopic (exact) mass is 236 g/mol. The molecule has 0 aliphatic rings. The predicted molar refractivity (Wildman–Crippen MR) is 72.7 cm³/mol. The molecule has 0 radical (unpaired) electrons. The Hall–Kier alpha value is -2.48. The van der Waals surface area contributed by atoms with E-state index in [1.54, 1.807) is 6.07 Å². The van der Waals surface area contributed by atoms with Crippen molar-refractivity contribution >= 4 is 10.8 Å². The van der Waals surface area contributed by atoms with Crippen LogP contribution in [0.3, 0.4) is 0 Å². The first-order valence-electron chi connectivity index (χ1n) is 5.76. The predicted octanol–water partition coefficient (Wildman–Crippen LogP) is 3.92. The Balaban J connectivity index is 2.34. The summed E-state index contributed by atoms with van der Waals surface area (Å²) < 4.78 is 0. The first-order valence-corrected chi connectivity index (χ1v) is 5.76. The zero-order valence-electron chi connectivity index (χ0n) is 9.67. The first kappa shape index (κ1) is 10.7. The van der Waals surface area contributed by atoms with Crippen molar-refractivity contribution in [2.75, 3.05) is 0 Å². The summed E-state index contributed by atoms with van der Waals surface area (Å²) in [5, 5.41) is 21.7. The Morgan fingerprint density at radius 1 is 0.667 bits per heavy atom. The number of hydrogen-bond donors (Lipinski definition) is 2. The van der Waals surface area contributed by atoms with Crippen LogP contribution in [0.15, 0.2) is 60.7 Å². The summed E-state index contributed by atoms with van der Waals surface area (Å²) in [6.07, 6.45) is 0. The third-order valence-corrected chi connectivity index (χ3v) is 3.08. The van der Waals surface area contributed by atoms with Crippen LogP contribution in [-0.4, -0.2) is 10.2 Å². The maximum atomic E-state index is 10.1. The minimum Gasteiger partial charge on any atom is -0.504 e. The van der Waals surface area contributed by atoms with Crippen LogP contribution < -0.4 is 0 Å². The van der Waals surface area contributed by atoms with Crippen molar-refractivity contribution in [1.29, 1.82) is 0 Å². The summed E-state index contributed by atoms with van der Waals surface area (Å²) in [5.74, 6) is -0.133. The molecule has 0 heterocycles. The van der Waals surface area contributed by atoms with Gasteiger partial charge in [0.15, 0.2) is 11.5 Å². The normalized spacial score (nSPS) is 10.7. The molecule has 3 aromatic rings. The summed E-state index contributed by atoms with van der Waals surface area (Å²) in [7, 11) is 0. The van der Waals surface area contributed by atoms with Gasteiger partial charge < -0.3 is 10.2 Å². The van der Waals surface area contributed by atoms with Gasteiger partial charge in [-0.15, -0.1) is 0 Å². The van der Waals surface area contributed by atoms with Crippen LogP contribution in [0, 0.1) is 0 Å². The van der Waals surface area contributed by atoms with E-state index < -0.39 is 0 Å².